The first kappa shape index (κ1) is 15.0. The van der Waals surface area contributed by atoms with Gasteiger partial charge in [-0.25, -0.2) is 4.98 Å². The first-order valence-corrected chi connectivity index (χ1v) is 7.41. The number of ether oxygens (including phenoxy) is 1. The highest BCUT2D eigenvalue weighted by atomic mass is 16.5. The first-order chi connectivity index (χ1) is 11.2. The Morgan fingerprint density at radius 1 is 1.04 bits per heavy atom. The molecule has 3 rings (SSSR count). The summed E-state index contributed by atoms with van der Waals surface area (Å²) >= 11 is 0. The van der Waals surface area contributed by atoms with Crippen molar-refractivity contribution in [1.82, 2.24) is 9.55 Å². The Kier molecular flexibility index (Phi) is 4.19. The lowest BCUT2D eigenvalue weighted by Gasteiger charge is -2.08. The van der Waals surface area contributed by atoms with E-state index in [1.807, 2.05) is 30.3 Å². The number of esters is 1. The van der Waals surface area contributed by atoms with Gasteiger partial charge in [0.1, 0.15) is 6.54 Å². The van der Waals surface area contributed by atoms with Gasteiger partial charge >= 0.3 is 5.97 Å². The molecule has 116 valence electrons. The van der Waals surface area contributed by atoms with Crippen molar-refractivity contribution in [2.24, 2.45) is 0 Å². The van der Waals surface area contributed by atoms with Gasteiger partial charge in [0.05, 0.1) is 17.6 Å². The van der Waals surface area contributed by atoms with Crippen LogP contribution in [0.3, 0.4) is 0 Å². The van der Waals surface area contributed by atoms with Gasteiger partial charge in [-0.15, -0.1) is 0 Å². The van der Waals surface area contributed by atoms with E-state index in [-0.39, 0.29) is 18.2 Å². The van der Waals surface area contributed by atoms with E-state index in [2.05, 4.69) is 4.98 Å². The number of para-hydroxylation sites is 2. The molecular formula is C18H16N2O3. The van der Waals surface area contributed by atoms with Crippen molar-refractivity contribution in [3.8, 4) is 0 Å². The molecule has 0 N–H and O–H groups in total. The number of hydrogen-bond acceptors (Lipinski definition) is 4. The van der Waals surface area contributed by atoms with E-state index in [4.69, 9.17) is 4.74 Å². The van der Waals surface area contributed by atoms with E-state index in [9.17, 15) is 9.59 Å². The molecule has 1 aromatic heterocycles. The third-order valence-electron chi connectivity index (χ3n) is 3.49. The monoisotopic (exact) mass is 308 g/mol. The van der Waals surface area contributed by atoms with E-state index in [1.54, 1.807) is 35.8 Å². The number of aromatic nitrogens is 2. The van der Waals surface area contributed by atoms with Gasteiger partial charge in [0.2, 0.25) is 5.78 Å². The summed E-state index contributed by atoms with van der Waals surface area (Å²) < 4.78 is 6.62. The van der Waals surface area contributed by atoms with Crippen molar-refractivity contribution in [3.05, 3.63) is 66.0 Å². The summed E-state index contributed by atoms with van der Waals surface area (Å²) in [6.45, 7) is 2.01. The van der Waals surface area contributed by atoms with Crippen LogP contribution >= 0.6 is 0 Å². The smallest absolute Gasteiger partial charge is 0.326 e. The normalized spacial score (nSPS) is 10.7. The molecule has 0 aliphatic carbocycles. The third kappa shape index (κ3) is 2.99. The number of nitrogens with zero attached hydrogens (tertiary/aromatic N) is 2. The number of rotatable bonds is 5. The molecule has 0 atom stereocenters. The van der Waals surface area contributed by atoms with Crippen LogP contribution in [0.1, 0.15) is 23.1 Å². The topological polar surface area (TPSA) is 61.2 Å². The lowest BCUT2D eigenvalue weighted by atomic mass is 10.1. The second-order valence-electron chi connectivity index (χ2n) is 5.01. The summed E-state index contributed by atoms with van der Waals surface area (Å²) in [4.78, 5) is 29.0. The molecule has 0 aliphatic heterocycles. The summed E-state index contributed by atoms with van der Waals surface area (Å²) in [6.07, 6.45) is 0. The Morgan fingerprint density at radius 2 is 1.74 bits per heavy atom. The Balaban J connectivity index is 2.08. The van der Waals surface area contributed by atoms with Gasteiger partial charge in [0.25, 0.3) is 0 Å². The van der Waals surface area contributed by atoms with E-state index in [0.29, 0.717) is 17.7 Å². The zero-order valence-electron chi connectivity index (χ0n) is 12.7. The van der Waals surface area contributed by atoms with Crippen LogP contribution in [0.4, 0.5) is 0 Å². The standard InChI is InChI=1S/C18H16N2O3/c1-2-23-16(21)12-20-15-11-7-6-10-14(15)19-18(20)17(22)13-8-4-3-5-9-13/h3-11H,2,12H2,1H3. The van der Waals surface area contributed by atoms with Crippen LogP contribution in [0.2, 0.25) is 0 Å². The number of ketones is 1. The zero-order chi connectivity index (χ0) is 16.2. The minimum atomic E-state index is -0.391. The van der Waals surface area contributed by atoms with Crippen molar-refractivity contribution in [2.75, 3.05) is 6.61 Å². The summed E-state index contributed by atoms with van der Waals surface area (Å²) in [5, 5.41) is 0. The van der Waals surface area contributed by atoms with Gasteiger partial charge in [0.15, 0.2) is 5.82 Å². The summed E-state index contributed by atoms with van der Waals surface area (Å²) in [5.74, 6) is -0.366. The highest BCUT2D eigenvalue weighted by molar-refractivity contribution is 6.08. The lowest BCUT2D eigenvalue weighted by Crippen LogP contribution is -2.18. The lowest BCUT2D eigenvalue weighted by molar-refractivity contribution is -0.143. The van der Waals surface area contributed by atoms with Crippen molar-refractivity contribution in [1.29, 1.82) is 0 Å². The molecule has 0 radical (unpaired) electrons. The van der Waals surface area contributed by atoms with E-state index >= 15 is 0 Å². The average molecular weight is 308 g/mol. The number of hydrogen-bond donors (Lipinski definition) is 0. The fraction of sp³-hybridized carbons (Fsp3) is 0.167. The molecule has 3 aromatic rings. The van der Waals surface area contributed by atoms with E-state index < -0.39 is 5.97 Å². The Bertz CT molecular complexity index is 853. The predicted molar refractivity (Wildman–Crippen MR) is 86.2 cm³/mol. The molecule has 0 fully saturated rings. The Morgan fingerprint density at radius 3 is 2.48 bits per heavy atom. The first-order valence-electron chi connectivity index (χ1n) is 7.41. The quantitative estimate of drug-likeness (QED) is 0.537. The van der Waals surface area contributed by atoms with Crippen LogP contribution in [0.5, 0.6) is 0 Å². The highest BCUT2D eigenvalue weighted by Crippen LogP contribution is 2.19. The summed E-state index contributed by atoms with van der Waals surface area (Å²) in [6, 6.07) is 16.3. The molecule has 1 heterocycles. The van der Waals surface area contributed by atoms with Gasteiger partial charge < -0.3 is 9.30 Å². The maximum atomic E-state index is 12.7. The SMILES string of the molecule is CCOC(=O)Cn1c(C(=O)c2ccccc2)nc2ccccc21. The minimum Gasteiger partial charge on any atom is -0.465 e. The predicted octanol–water partition coefficient (Wildman–Crippen LogP) is 2.83. The van der Waals surface area contributed by atoms with Crippen LogP contribution < -0.4 is 0 Å². The molecule has 0 amide bonds. The largest absolute Gasteiger partial charge is 0.465 e. The second-order valence-corrected chi connectivity index (χ2v) is 5.01. The molecule has 0 saturated carbocycles. The number of carbonyl (C=O) groups excluding carboxylic acids is 2. The van der Waals surface area contributed by atoms with Crippen LogP contribution in [0, 0.1) is 0 Å². The van der Waals surface area contributed by atoms with Crippen molar-refractivity contribution in [2.45, 2.75) is 13.5 Å². The van der Waals surface area contributed by atoms with Crippen LogP contribution in [0.15, 0.2) is 54.6 Å². The number of benzene rings is 2. The van der Waals surface area contributed by atoms with Gasteiger partial charge in [-0.3, -0.25) is 9.59 Å². The third-order valence-corrected chi connectivity index (χ3v) is 3.49. The average Bonchev–Trinajstić information content (AvgIpc) is 2.94. The molecule has 0 aliphatic rings. The fourth-order valence-corrected chi connectivity index (χ4v) is 2.46. The maximum Gasteiger partial charge on any atom is 0.326 e. The van der Waals surface area contributed by atoms with Crippen LogP contribution in [-0.2, 0) is 16.1 Å². The molecule has 0 saturated heterocycles. The van der Waals surface area contributed by atoms with E-state index in [0.717, 1.165) is 5.52 Å². The molecular weight excluding hydrogens is 292 g/mol. The molecule has 5 nitrogen and oxygen atoms in total. The van der Waals surface area contributed by atoms with Crippen molar-refractivity contribution >= 4 is 22.8 Å². The Hall–Kier alpha value is -2.95. The number of fused-ring (bicyclic) bond motifs is 1. The zero-order valence-corrected chi connectivity index (χ0v) is 12.7. The highest BCUT2D eigenvalue weighted by Gasteiger charge is 2.20. The second kappa shape index (κ2) is 6.44. The van der Waals surface area contributed by atoms with Gasteiger partial charge in [-0.1, -0.05) is 42.5 Å². The number of imidazole rings is 1. The minimum absolute atomic E-state index is 0.0394. The van der Waals surface area contributed by atoms with Crippen LogP contribution in [0.25, 0.3) is 11.0 Å². The fourth-order valence-electron chi connectivity index (χ4n) is 2.46. The van der Waals surface area contributed by atoms with Crippen molar-refractivity contribution in [3.63, 3.8) is 0 Å². The molecule has 0 bridgehead atoms. The molecule has 0 unspecified atom stereocenters. The molecule has 5 heteroatoms. The van der Waals surface area contributed by atoms with Crippen molar-refractivity contribution < 1.29 is 14.3 Å². The van der Waals surface area contributed by atoms with Gasteiger partial charge in [0, 0.05) is 5.56 Å². The summed E-state index contributed by atoms with van der Waals surface area (Å²) in [5.41, 5.74) is 1.95. The molecule has 23 heavy (non-hydrogen) atoms. The van der Waals surface area contributed by atoms with E-state index in [1.165, 1.54) is 0 Å². The van der Waals surface area contributed by atoms with Crippen LogP contribution in [-0.4, -0.2) is 27.9 Å². The molecule has 0 spiro atoms. The number of carbonyl (C=O) groups is 2. The summed E-state index contributed by atoms with van der Waals surface area (Å²) in [7, 11) is 0. The molecule has 2 aromatic carbocycles. The van der Waals surface area contributed by atoms with Gasteiger partial charge in [-0.05, 0) is 19.1 Å². The Labute approximate surface area is 133 Å². The maximum absolute atomic E-state index is 12.7. The van der Waals surface area contributed by atoms with Gasteiger partial charge in [-0.2, -0.15) is 0 Å².